The molecular weight excluding hydrogens is 334 g/mol. The van der Waals surface area contributed by atoms with Crippen molar-refractivity contribution in [2.75, 3.05) is 21.3 Å². The van der Waals surface area contributed by atoms with Gasteiger partial charge < -0.3 is 14.4 Å². The fourth-order valence-electron chi connectivity index (χ4n) is 2.24. The second kappa shape index (κ2) is 7.69. The monoisotopic (exact) mass is 357 g/mol. The Kier molecular flexibility index (Phi) is 6.52. The van der Waals surface area contributed by atoms with Gasteiger partial charge in [-0.2, -0.15) is 0 Å². The maximum absolute atomic E-state index is 12.6. The van der Waals surface area contributed by atoms with Crippen molar-refractivity contribution in [2.45, 2.75) is 33.2 Å². The third-order valence-corrected chi connectivity index (χ3v) is 4.27. The summed E-state index contributed by atoms with van der Waals surface area (Å²) in [6, 6.07) is 3.64. The van der Waals surface area contributed by atoms with Crippen molar-refractivity contribution in [3.05, 3.63) is 22.2 Å². The van der Waals surface area contributed by atoms with Gasteiger partial charge >= 0.3 is 0 Å². The molecule has 0 aliphatic rings. The first-order chi connectivity index (χ1) is 9.81. The number of hydrogen-bond acceptors (Lipinski definition) is 3. The van der Waals surface area contributed by atoms with Gasteiger partial charge in [0.1, 0.15) is 16.0 Å². The van der Waals surface area contributed by atoms with Crippen LogP contribution in [-0.4, -0.2) is 38.1 Å². The molecule has 0 spiro atoms. The zero-order chi connectivity index (χ0) is 16.2. The highest BCUT2D eigenvalue weighted by atomic mass is 79.9. The van der Waals surface area contributed by atoms with Gasteiger partial charge in [0, 0.05) is 18.7 Å². The summed E-state index contributed by atoms with van der Waals surface area (Å²) in [6.45, 7) is 6.37. The largest absolute Gasteiger partial charge is 0.495 e. The number of nitrogens with zero attached hydrogens (tertiary/aromatic N) is 1. The summed E-state index contributed by atoms with van der Waals surface area (Å²) in [5, 5.41) is 0. The van der Waals surface area contributed by atoms with Crippen molar-refractivity contribution >= 4 is 21.8 Å². The van der Waals surface area contributed by atoms with Crippen LogP contribution < -0.4 is 9.47 Å². The van der Waals surface area contributed by atoms with Crippen LogP contribution >= 0.6 is 15.9 Å². The lowest BCUT2D eigenvalue weighted by Crippen LogP contribution is -2.35. The summed E-state index contributed by atoms with van der Waals surface area (Å²) >= 11 is 3.41. The van der Waals surface area contributed by atoms with Gasteiger partial charge in [-0.1, -0.05) is 13.8 Å². The molecule has 0 aromatic heterocycles. The van der Waals surface area contributed by atoms with Crippen LogP contribution in [0.3, 0.4) is 0 Å². The highest BCUT2D eigenvalue weighted by Gasteiger charge is 2.21. The maximum Gasteiger partial charge on any atom is 0.254 e. The number of hydrogen-bond donors (Lipinski definition) is 0. The highest BCUT2D eigenvalue weighted by Crippen LogP contribution is 2.36. The van der Waals surface area contributed by atoms with Gasteiger partial charge in [-0.3, -0.25) is 4.79 Å². The Morgan fingerprint density at radius 2 is 1.67 bits per heavy atom. The van der Waals surface area contributed by atoms with Gasteiger partial charge in [-0.25, -0.2) is 0 Å². The van der Waals surface area contributed by atoms with E-state index in [0.717, 1.165) is 6.42 Å². The van der Waals surface area contributed by atoms with E-state index in [1.54, 1.807) is 31.3 Å². The lowest BCUT2D eigenvalue weighted by atomic mass is 10.0. The van der Waals surface area contributed by atoms with Crippen LogP contribution in [0.15, 0.2) is 16.6 Å². The maximum atomic E-state index is 12.6. The van der Waals surface area contributed by atoms with Gasteiger partial charge in [0.2, 0.25) is 0 Å². The molecule has 0 aliphatic carbocycles. The van der Waals surface area contributed by atoms with E-state index in [-0.39, 0.29) is 11.9 Å². The topological polar surface area (TPSA) is 38.8 Å². The summed E-state index contributed by atoms with van der Waals surface area (Å²) in [4.78, 5) is 14.4. The lowest BCUT2D eigenvalue weighted by molar-refractivity contribution is 0.0727. The second-order valence-electron chi connectivity index (χ2n) is 5.59. The quantitative estimate of drug-likeness (QED) is 0.772. The normalized spacial score (nSPS) is 12.2. The Morgan fingerprint density at radius 1 is 1.19 bits per heavy atom. The molecule has 1 unspecified atom stereocenters. The number of carbonyl (C=O) groups excluding carboxylic acids is 1. The van der Waals surface area contributed by atoms with Gasteiger partial charge in [0.15, 0.2) is 0 Å². The molecule has 0 fully saturated rings. The van der Waals surface area contributed by atoms with Crippen molar-refractivity contribution in [3.63, 3.8) is 0 Å². The number of carbonyl (C=O) groups is 1. The van der Waals surface area contributed by atoms with E-state index in [0.29, 0.717) is 27.5 Å². The fourth-order valence-corrected chi connectivity index (χ4v) is 2.79. The Hall–Kier alpha value is -1.23. The zero-order valence-corrected chi connectivity index (χ0v) is 15.2. The number of rotatable bonds is 6. The smallest absolute Gasteiger partial charge is 0.254 e. The molecular formula is C16H24BrNO3. The number of halogens is 1. The molecule has 0 bridgehead atoms. The van der Waals surface area contributed by atoms with Gasteiger partial charge in [-0.05, 0) is 47.3 Å². The molecule has 1 rings (SSSR count). The van der Waals surface area contributed by atoms with Crippen LogP contribution in [0.25, 0.3) is 0 Å². The van der Waals surface area contributed by atoms with E-state index >= 15 is 0 Å². The number of methoxy groups -OCH3 is 2. The summed E-state index contributed by atoms with van der Waals surface area (Å²) in [7, 11) is 4.97. The Labute approximate surface area is 135 Å². The molecule has 5 heteroatoms. The summed E-state index contributed by atoms with van der Waals surface area (Å²) in [5.41, 5.74) is 0.560. The van der Waals surface area contributed by atoms with Crippen molar-refractivity contribution in [2.24, 2.45) is 5.92 Å². The standard InChI is InChI=1S/C16H24BrNO3/c1-10(2)7-11(3)18(4)16(19)12-8-13(20-5)15(17)14(9-12)21-6/h8-11H,7H2,1-6H3. The molecule has 1 aromatic rings. The average molecular weight is 358 g/mol. The van der Waals surface area contributed by atoms with E-state index in [9.17, 15) is 4.79 Å². The number of ether oxygens (including phenoxy) is 2. The molecule has 0 aliphatic heterocycles. The van der Waals surface area contributed by atoms with E-state index in [1.807, 2.05) is 7.05 Å². The second-order valence-corrected chi connectivity index (χ2v) is 6.38. The van der Waals surface area contributed by atoms with Crippen LogP contribution in [0.1, 0.15) is 37.6 Å². The van der Waals surface area contributed by atoms with Crippen LogP contribution in [0, 0.1) is 5.92 Å². The minimum absolute atomic E-state index is 0.0350. The number of amides is 1. The molecule has 1 atom stereocenters. The third kappa shape index (κ3) is 4.37. The lowest BCUT2D eigenvalue weighted by Gasteiger charge is -2.26. The Morgan fingerprint density at radius 3 is 2.05 bits per heavy atom. The molecule has 1 amide bonds. The minimum atomic E-state index is -0.0350. The predicted octanol–water partition coefficient (Wildman–Crippen LogP) is 3.97. The van der Waals surface area contributed by atoms with Crippen molar-refractivity contribution in [3.8, 4) is 11.5 Å². The predicted molar refractivity (Wildman–Crippen MR) is 88.3 cm³/mol. The highest BCUT2D eigenvalue weighted by molar-refractivity contribution is 9.10. The summed E-state index contributed by atoms with van der Waals surface area (Å²) < 4.78 is 11.3. The third-order valence-electron chi connectivity index (χ3n) is 3.49. The molecule has 21 heavy (non-hydrogen) atoms. The molecule has 0 N–H and O–H groups in total. The summed E-state index contributed by atoms with van der Waals surface area (Å²) in [6.07, 6.45) is 0.965. The first kappa shape index (κ1) is 17.8. The van der Waals surface area contributed by atoms with E-state index in [2.05, 4.69) is 36.7 Å². The SMILES string of the molecule is COc1cc(C(=O)N(C)C(C)CC(C)C)cc(OC)c1Br. The first-order valence-corrected chi connectivity index (χ1v) is 7.79. The van der Waals surface area contributed by atoms with Crippen LogP contribution in [-0.2, 0) is 0 Å². The Balaban J connectivity index is 3.06. The summed E-state index contributed by atoms with van der Waals surface area (Å²) in [5.74, 6) is 1.68. The average Bonchev–Trinajstić information content (AvgIpc) is 2.45. The zero-order valence-electron chi connectivity index (χ0n) is 13.6. The van der Waals surface area contributed by atoms with Crippen molar-refractivity contribution in [1.82, 2.24) is 4.90 Å². The van der Waals surface area contributed by atoms with Gasteiger partial charge in [0.25, 0.3) is 5.91 Å². The molecule has 0 saturated heterocycles. The van der Waals surface area contributed by atoms with Crippen LogP contribution in [0.2, 0.25) is 0 Å². The molecule has 0 saturated carbocycles. The molecule has 4 nitrogen and oxygen atoms in total. The minimum Gasteiger partial charge on any atom is -0.495 e. The van der Waals surface area contributed by atoms with Gasteiger partial charge in [0.05, 0.1) is 14.2 Å². The van der Waals surface area contributed by atoms with Gasteiger partial charge in [-0.15, -0.1) is 0 Å². The van der Waals surface area contributed by atoms with E-state index < -0.39 is 0 Å². The molecule has 0 heterocycles. The first-order valence-electron chi connectivity index (χ1n) is 7.00. The molecule has 0 radical (unpaired) electrons. The van der Waals surface area contributed by atoms with E-state index in [1.165, 1.54) is 0 Å². The number of benzene rings is 1. The fraction of sp³-hybridized carbons (Fsp3) is 0.562. The molecule has 1 aromatic carbocycles. The van der Waals surface area contributed by atoms with Crippen LogP contribution in [0.5, 0.6) is 11.5 Å². The van der Waals surface area contributed by atoms with Crippen molar-refractivity contribution in [1.29, 1.82) is 0 Å². The van der Waals surface area contributed by atoms with E-state index in [4.69, 9.17) is 9.47 Å². The van der Waals surface area contributed by atoms with Crippen LogP contribution in [0.4, 0.5) is 0 Å². The van der Waals surface area contributed by atoms with Crippen molar-refractivity contribution < 1.29 is 14.3 Å². The Bertz CT molecular complexity index is 477. The molecule has 118 valence electrons.